The molecule has 12 heteroatoms. The van der Waals surface area contributed by atoms with Crippen molar-refractivity contribution in [3.05, 3.63) is 42.1 Å². The minimum absolute atomic E-state index is 0.0169. The summed E-state index contributed by atoms with van der Waals surface area (Å²) in [5.74, 6) is 0.427. The van der Waals surface area contributed by atoms with Gasteiger partial charge >= 0.3 is 12.1 Å². The van der Waals surface area contributed by atoms with Crippen molar-refractivity contribution in [3.63, 3.8) is 0 Å². The fourth-order valence-corrected chi connectivity index (χ4v) is 5.81. The number of fused-ring (bicyclic) bond motifs is 1. The number of carboxylic acid groups (broad SMARTS) is 1. The highest BCUT2D eigenvalue weighted by Gasteiger charge is 2.35. The first-order valence-corrected chi connectivity index (χ1v) is 13.8. The Labute approximate surface area is 239 Å². The molecule has 0 unspecified atom stereocenters. The number of amides is 2. The van der Waals surface area contributed by atoms with Gasteiger partial charge in [-0.3, -0.25) is 4.79 Å². The number of carbonyl (C=O) groups excluding carboxylic acids is 1. The molecule has 0 spiro atoms. The molecular formula is C29H37N7O5. The van der Waals surface area contributed by atoms with Crippen LogP contribution in [-0.4, -0.2) is 95.4 Å². The lowest BCUT2D eigenvalue weighted by molar-refractivity contribution is 0.102. The van der Waals surface area contributed by atoms with Crippen molar-refractivity contribution in [1.29, 1.82) is 0 Å². The van der Waals surface area contributed by atoms with Crippen LogP contribution in [0.2, 0.25) is 0 Å². The highest BCUT2D eigenvalue weighted by Crippen LogP contribution is 2.34. The lowest BCUT2D eigenvalue weighted by Gasteiger charge is -2.44. The van der Waals surface area contributed by atoms with Gasteiger partial charge < -0.3 is 40.3 Å². The van der Waals surface area contributed by atoms with Crippen LogP contribution in [-0.2, 0) is 0 Å². The molecule has 3 aromatic rings. The van der Waals surface area contributed by atoms with E-state index >= 15 is 0 Å². The van der Waals surface area contributed by atoms with E-state index in [0.717, 1.165) is 30.2 Å². The molecule has 2 saturated heterocycles. The summed E-state index contributed by atoms with van der Waals surface area (Å²) in [6.45, 7) is 5.71. The van der Waals surface area contributed by atoms with Gasteiger partial charge in [-0.15, -0.1) is 0 Å². The van der Waals surface area contributed by atoms with E-state index < -0.39 is 12.0 Å². The molecule has 2 amide bonds. The zero-order chi connectivity index (χ0) is 29.3. The molecule has 0 saturated carbocycles. The number of nitrogens with two attached hydrogens (primary N) is 1. The Kier molecular flexibility index (Phi) is 8.02. The SMILES string of the molecule is COc1cc(NC(=O)c2nc(OC[C@@H]3CCCN3C)nc(N3[C@@H](C)CN(C(=O)O)C[C@@H]3C)c2N)c2ccccc2c1. The molecule has 5 rings (SSSR count). The van der Waals surface area contributed by atoms with Gasteiger partial charge in [0.15, 0.2) is 11.5 Å². The minimum atomic E-state index is -0.978. The maximum atomic E-state index is 13.8. The van der Waals surface area contributed by atoms with E-state index in [9.17, 15) is 14.7 Å². The first-order chi connectivity index (χ1) is 19.7. The van der Waals surface area contributed by atoms with Gasteiger partial charge in [0, 0.05) is 42.7 Å². The summed E-state index contributed by atoms with van der Waals surface area (Å²) < 4.78 is 11.5. The van der Waals surface area contributed by atoms with E-state index in [1.807, 2.05) is 49.1 Å². The van der Waals surface area contributed by atoms with Gasteiger partial charge in [-0.2, -0.15) is 9.97 Å². The second kappa shape index (κ2) is 11.7. The first kappa shape index (κ1) is 28.2. The highest BCUT2D eigenvalue weighted by atomic mass is 16.5. The van der Waals surface area contributed by atoms with Crippen molar-refractivity contribution in [2.24, 2.45) is 0 Å². The number of ether oxygens (including phenoxy) is 2. The molecule has 41 heavy (non-hydrogen) atoms. The van der Waals surface area contributed by atoms with Gasteiger partial charge in [0.25, 0.3) is 5.91 Å². The zero-order valence-corrected chi connectivity index (χ0v) is 23.8. The largest absolute Gasteiger partial charge is 0.497 e. The highest BCUT2D eigenvalue weighted by molar-refractivity contribution is 6.11. The van der Waals surface area contributed by atoms with E-state index in [-0.39, 0.29) is 48.6 Å². The van der Waals surface area contributed by atoms with Gasteiger partial charge in [0.05, 0.1) is 12.8 Å². The summed E-state index contributed by atoms with van der Waals surface area (Å²) in [6.07, 6.45) is 1.11. The Morgan fingerprint density at radius 1 is 1.15 bits per heavy atom. The topological polar surface area (TPSA) is 146 Å². The zero-order valence-electron chi connectivity index (χ0n) is 23.8. The number of nitrogens with one attached hydrogen (secondary N) is 1. The summed E-state index contributed by atoms with van der Waals surface area (Å²) in [6, 6.07) is 11.1. The average Bonchev–Trinajstić information content (AvgIpc) is 3.36. The van der Waals surface area contributed by atoms with Crippen LogP contribution in [0.4, 0.5) is 22.0 Å². The van der Waals surface area contributed by atoms with E-state index in [4.69, 9.17) is 15.2 Å². The van der Waals surface area contributed by atoms with Crippen molar-refractivity contribution in [2.75, 3.05) is 56.3 Å². The second-order valence-electron chi connectivity index (χ2n) is 10.8. The molecule has 2 aromatic carbocycles. The third kappa shape index (κ3) is 5.78. The Morgan fingerprint density at radius 3 is 2.54 bits per heavy atom. The number of nitrogens with zero attached hydrogens (tertiary/aromatic N) is 5. The Balaban J connectivity index is 1.52. The second-order valence-corrected chi connectivity index (χ2v) is 10.8. The number of nitrogen functional groups attached to an aromatic ring is 1. The summed E-state index contributed by atoms with van der Waals surface area (Å²) in [5.41, 5.74) is 7.25. The van der Waals surface area contributed by atoms with Crippen LogP contribution in [0.1, 0.15) is 37.2 Å². The number of piperazine rings is 1. The maximum Gasteiger partial charge on any atom is 0.407 e. The Hall–Kier alpha value is -4.32. The molecule has 3 heterocycles. The number of anilines is 3. The summed E-state index contributed by atoms with van der Waals surface area (Å²) >= 11 is 0. The lowest BCUT2D eigenvalue weighted by atomic mass is 10.1. The van der Waals surface area contributed by atoms with Gasteiger partial charge in [-0.05, 0) is 51.7 Å². The number of benzene rings is 2. The standard InChI is InChI=1S/C29H37N7O5/c1-17-14-35(29(38)39)15-18(2)36(17)26-24(30)25(32-28(33-26)41-16-20-9-7-11-34(20)3)27(37)31-23-13-21(40-4)12-19-8-5-6-10-22(19)23/h5-6,8,10,12-13,17-18,20H,7,9,11,14-16,30H2,1-4H3,(H,31,37)(H,38,39)/t17-,18-,20-/m0/s1. The number of hydrogen-bond donors (Lipinski definition) is 3. The Bertz CT molecular complexity index is 1440. The quantitative estimate of drug-likeness (QED) is 0.390. The van der Waals surface area contributed by atoms with E-state index in [1.54, 1.807) is 13.2 Å². The maximum absolute atomic E-state index is 13.8. The van der Waals surface area contributed by atoms with E-state index in [2.05, 4.69) is 27.2 Å². The minimum Gasteiger partial charge on any atom is -0.497 e. The molecular weight excluding hydrogens is 526 g/mol. The van der Waals surface area contributed by atoms with Crippen LogP contribution >= 0.6 is 0 Å². The lowest BCUT2D eigenvalue weighted by Crippen LogP contribution is -2.58. The fourth-order valence-electron chi connectivity index (χ4n) is 5.81. The van der Waals surface area contributed by atoms with Gasteiger partial charge in [-0.1, -0.05) is 24.3 Å². The third-order valence-electron chi connectivity index (χ3n) is 7.95. The summed E-state index contributed by atoms with van der Waals surface area (Å²) in [5, 5.41) is 14.3. The predicted molar refractivity (Wildman–Crippen MR) is 157 cm³/mol. The number of likely N-dealkylation sites (tertiary alicyclic amines) is 1. The molecule has 2 aliphatic rings. The van der Waals surface area contributed by atoms with E-state index in [0.29, 0.717) is 23.9 Å². The molecule has 3 atom stereocenters. The number of rotatable bonds is 7. The predicted octanol–water partition coefficient (Wildman–Crippen LogP) is 3.52. The number of methoxy groups -OCH3 is 1. The average molecular weight is 564 g/mol. The van der Waals surface area contributed by atoms with Gasteiger partial charge in [0.1, 0.15) is 18.0 Å². The third-order valence-corrected chi connectivity index (χ3v) is 7.95. The van der Waals surface area contributed by atoms with Crippen molar-refractivity contribution >= 4 is 40.0 Å². The van der Waals surface area contributed by atoms with Crippen LogP contribution in [0.5, 0.6) is 11.8 Å². The molecule has 0 aliphatic carbocycles. The number of carbonyl (C=O) groups is 2. The Morgan fingerprint density at radius 2 is 1.88 bits per heavy atom. The number of aromatic nitrogens is 2. The number of likely N-dealkylation sites (N-methyl/N-ethyl adjacent to an activating group) is 1. The molecule has 2 fully saturated rings. The van der Waals surface area contributed by atoms with Gasteiger partial charge in [-0.25, -0.2) is 4.79 Å². The molecule has 4 N–H and O–H groups in total. The van der Waals surface area contributed by atoms with Crippen LogP contribution < -0.4 is 25.4 Å². The van der Waals surface area contributed by atoms with Crippen LogP contribution in [0.3, 0.4) is 0 Å². The molecule has 1 aromatic heterocycles. The molecule has 12 nitrogen and oxygen atoms in total. The fraction of sp³-hybridized carbons (Fsp3) is 0.448. The van der Waals surface area contributed by atoms with Crippen LogP contribution in [0.25, 0.3) is 10.8 Å². The van der Waals surface area contributed by atoms with Crippen molar-refractivity contribution in [2.45, 2.75) is 44.8 Å². The van der Waals surface area contributed by atoms with Crippen molar-refractivity contribution < 1.29 is 24.2 Å². The van der Waals surface area contributed by atoms with Gasteiger partial charge in [0.2, 0.25) is 0 Å². The monoisotopic (exact) mass is 563 g/mol. The van der Waals surface area contributed by atoms with Crippen LogP contribution in [0.15, 0.2) is 36.4 Å². The first-order valence-electron chi connectivity index (χ1n) is 13.8. The molecule has 218 valence electrons. The molecule has 2 aliphatic heterocycles. The number of hydrogen-bond acceptors (Lipinski definition) is 9. The van der Waals surface area contributed by atoms with Crippen LogP contribution in [0, 0.1) is 0 Å². The van der Waals surface area contributed by atoms with Crippen molar-refractivity contribution in [1.82, 2.24) is 19.8 Å². The summed E-state index contributed by atoms with van der Waals surface area (Å²) in [7, 11) is 3.63. The normalized spacial score (nSPS) is 21.2. The van der Waals surface area contributed by atoms with Crippen molar-refractivity contribution in [3.8, 4) is 11.8 Å². The molecule has 0 radical (unpaired) electrons. The molecule has 0 bridgehead atoms. The van der Waals surface area contributed by atoms with E-state index in [1.165, 1.54) is 4.90 Å². The summed E-state index contributed by atoms with van der Waals surface area (Å²) in [4.78, 5) is 40.2. The smallest absolute Gasteiger partial charge is 0.407 e.